The van der Waals surface area contributed by atoms with Gasteiger partial charge in [-0.3, -0.25) is 9.59 Å². The van der Waals surface area contributed by atoms with E-state index in [1.54, 1.807) is 0 Å². The minimum absolute atomic E-state index is 0.0139. The van der Waals surface area contributed by atoms with Gasteiger partial charge in [-0.1, -0.05) is 0 Å². The van der Waals surface area contributed by atoms with E-state index in [-0.39, 0.29) is 54.3 Å². The number of nitrogens with zero attached hydrogens (tertiary/aromatic N) is 1. The van der Waals surface area contributed by atoms with Gasteiger partial charge in [0.1, 0.15) is 5.82 Å². The zero-order valence-electron chi connectivity index (χ0n) is 18.0. The first-order valence-corrected chi connectivity index (χ1v) is 11.4. The van der Waals surface area contributed by atoms with Crippen molar-refractivity contribution in [3.63, 3.8) is 0 Å². The molecule has 3 fully saturated rings. The molecule has 6 nitrogen and oxygen atoms in total. The molecule has 4 atom stereocenters. The van der Waals surface area contributed by atoms with Gasteiger partial charge in [-0.25, -0.2) is 13.2 Å². The van der Waals surface area contributed by atoms with Gasteiger partial charge in [0.15, 0.2) is 11.6 Å². The zero-order valence-corrected chi connectivity index (χ0v) is 18.0. The van der Waals surface area contributed by atoms with E-state index in [2.05, 4.69) is 5.32 Å². The van der Waals surface area contributed by atoms with Gasteiger partial charge >= 0.3 is 0 Å². The second-order valence-corrected chi connectivity index (χ2v) is 9.25. The number of hydrogen-bond donors (Lipinski definition) is 2. The fourth-order valence-corrected chi connectivity index (χ4v) is 5.47. The maximum absolute atomic E-state index is 14.0. The molecule has 0 saturated carbocycles. The van der Waals surface area contributed by atoms with Crippen molar-refractivity contribution in [1.82, 2.24) is 10.2 Å². The number of nitrogens with two attached hydrogens (primary N) is 1. The number of carbonyl (C=O) groups is 2. The highest BCUT2D eigenvalue weighted by Gasteiger charge is 2.44. The van der Waals surface area contributed by atoms with Crippen molar-refractivity contribution in [3.8, 4) is 0 Å². The third-order valence-electron chi connectivity index (χ3n) is 7.21. The Bertz CT molecular complexity index is 848. The summed E-state index contributed by atoms with van der Waals surface area (Å²) in [6, 6.07) is 1.08. The van der Waals surface area contributed by atoms with Gasteiger partial charge in [-0.2, -0.15) is 0 Å². The fraction of sp³-hybridized carbons (Fsp3) is 0.652. The van der Waals surface area contributed by atoms with Crippen LogP contribution in [0.3, 0.4) is 0 Å². The third kappa shape index (κ3) is 4.93. The molecule has 3 aliphatic heterocycles. The predicted molar refractivity (Wildman–Crippen MR) is 111 cm³/mol. The van der Waals surface area contributed by atoms with Crippen molar-refractivity contribution >= 4 is 11.8 Å². The molecule has 0 aliphatic carbocycles. The summed E-state index contributed by atoms with van der Waals surface area (Å²) in [6.07, 6.45) is 4.56. The molecule has 0 radical (unpaired) electrons. The molecule has 1 aromatic carbocycles. The molecular formula is C23H30F3N3O3. The average Bonchev–Trinajstić information content (AvgIpc) is 3.05. The molecule has 0 spiro atoms. The smallest absolute Gasteiger partial charge is 0.242 e. The van der Waals surface area contributed by atoms with Crippen molar-refractivity contribution < 1.29 is 27.5 Å². The van der Waals surface area contributed by atoms with Crippen LogP contribution in [0.4, 0.5) is 13.2 Å². The van der Waals surface area contributed by atoms with Crippen LogP contribution in [0.1, 0.15) is 44.1 Å². The van der Waals surface area contributed by atoms with Crippen LogP contribution in [0.25, 0.3) is 0 Å². The first-order valence-electron chi connectivity index (χ1n) is 11.4. The van der Waals surface area contributed by atoms with Gasteiger partial charge in [0.2, 0.25) is 11.8 Å². The van der Waals surface area contributed by atoms with Gasteiger partial charge < -0.3 is 20.7 Å². The van der Waals surface area contributed by atoms with E-state index in [4.69, 9.17) is 10.5 Å². The summed E-state index contributed by atoms with van der Waals surface area (Å²) in [4.78, 5) is 27.1. The summed E-state index contributed by atoms with van der Waals surface area (Å²) in [5.74, 6) is -3.33. The van der Waals surface area contributed by atoms with Crippen LogP contribution in [-0.2, 0) is 20.7 Å². The van der Waals surface area contributed by atoms with Crippen LogP contribution in [0, 0.1) is 29.3 Å². The Kier molecular flexibility index (Phi) is 7.05. The van der Waals surface area contributed by atoms with Crippen molar-refractivity contribution in [2.24, 2.45) is 17.6 Å². The number of nitrogens with one attached hydrogen (secondary N) is 1. The summed E-state index contributed by atoms with van der Waals surface area (Å²) in [5.41, 5.74) is 6.41. The summed E-state index contributed by atoms with van der Waals surface area (Å²) in [7, 11) is 0. The number of fused-ring (bicyclic) bond motifs is 2. The lowest BCUT2D eigenvalue weighted by Crippen LogP contribution is -2.53. The van der Waals surface area contributed by atoms with E-state index in [1.807, 2.05) is 4.90 Å². The minimum Gasteiger partial charge on any atom is -0.381 e. The van der Waals surface area contributed by atoms with Crippen molar-refractivity contribution in [1.29, 1.82) is 0 Å². The molecule has 2 bridgehead atoms. The van der Waals surface area contributed by atoms with Crippen LogP contribution in [0.2, 0.25) is 0 Å². The van der Waals surface area contributed by atoms with E-state index >= 15 is 0 Å². The quantitative estimate of drug-likeness (QED) is 0.648. The second-order valence-electron chi connectivity index (χ2n) is 9.25. The topological polar surface area (TPSA) is 84.7 Å². The molecule has 4 rings (SSSR count). The highest BCUT2D eigenvalue weighted by Crippen LogP contribution is 2.40. The highest BCUT2D eigenvalue weighted by atomic mass is 19.2. The minimum atomic E-state index is -1.21. The van der Waals surface area contributed by atoms with Crippen LogP contribution in [-0.4, -0.2) is 54.6 Å². The normalized spacial score (nSPS) is 26.8. The molecule has 2 amide bonds. The maximum Gasteiger partial charge on any atom is 0.242 e. The number of hydrogen-bond acceptors (Lipinski definition) is 4. The standard InChI is InChI=1S/C23H30F3N3O3/c24-18-11-20(26)19(25)9-14(18)10-21(27)15-7-16-1-2-17(8-15)29(16)22(30)12-28-23(31)13-3-5-32-6-4-13/h9,11,13,15-17,21H,1-8,10,12,27H2,(H,28,31)/t15-,16-,17+,21-/m1/s1. The molecule has 3 N–H and O–H groups in total. The second kappa shape index (κ2) is 9.79. The van der Waals surface area contributed by atoms with E-state index in [9.17, 15) is 22.8 Å². The number of ether oxygens (including phenoxy) is 1. The number of carbonyl (C=O) groups excluding carboxylic acids is 2. The Labute approximate surface area is 185 Å². The van der Waals surface area contributed by atoms with Gasteiger partial charge in [0, 0.05) is 43.3 Å². The first-order chi connectivity index (χ1) is 15.3. The Morgan fingerprint density at radius 3 is 2.31 bits per heavy atom. The lowest BCUT2D eigenvalue weighted by Gasteiger charge is -2.41. The molecule has 3 aliphatic rings. The van der Waals surface area contributed by atoms with E-state index in [0.717, 1.165) is 18.9 Å². The zero-order chi connectivity index (χ0) is 22.8. The average molecular weight is 454 g/mol. The molecule has 176 valence electrons. The largest absolute Gasteiger partial charge is 0.381 e. The monoisotopic (exact) mass is 453 g/mol. The number of halogens is 3. The van der Waals surface area contributed by atoms with Crippen molar-refractivity contribution in [3.05, 3.63) is 35.1 Å². The summed E-state index contributed by atoms with van der Waals surface area (Å²) in [5, 5.41) is 2.78. The van der Waals surface area contributed by atoms with Gasteiger partial charge in [0.05, 0.1) is 6.54 Å². The molecule has 0 unspecified atom stereocenters. The van der Waals surface area contributed by atoms with Crippen molar-refractivity contribution in [2.45, 2.75) is 63.1 Å². The molecule has 3 saturated heterocycles. The molecule has 0 aromatic heterocycles. The van der Waals surface area contributed by atoms with Gasteiger partial charge in [0.25, 0.3) is 0 Å². The first kappa shape index (κ1) is 23.0. The Hall–Kier alpha value is -2.13. The maximum atomic E-state index is 14.0. The lowest BCUT2D eigenvalue weighted by molar-refractivity contribution is -0.138. The van der Waals surface area contributed by atoms with Crippen LogP contribution >= 0.6 is 0 Å². The van der Waals surface area contributed by atoms with Crippen LogP contribution < -0.4 is 11.1 Å². The summed E-state index contributed by atoms with van der Waals surface area (Å²) < 4.78 is 46.0. The Balaban J connectivity index is 1.31. The Morgan fingerprint density at radius 2 is 1.66 bits per heavy atom. The van der Waals surface area contributed by atoms with Gasteiger partial charge in [-0.05, 0) is 62.5 Å². The molecular weight excluding hydrogens is 423 g/mol. The summed E-state index contributed by atoms with van der Waals surface area (Å²) in [6.45, 7) is 1.12. The predicted octanol–water partition coefficient (Wildman–Crippen LogP) is 2.29. The molecule has 32 heavy (non-hydrogen) atoms. The van der Waals surface area contributed by atoms with Crippen LogP contribution in [0.5, 0.6) is 0 Å². The molecule has 1 aromatic rings. The SMILES string of the molecule is N[C@H](Cc1cc(F)c(F)cc1F)[C@@H]1C[C@H]2CC[C@@H](C1)N2C(=O)CNC(=O)C1CCOCC1. The number of amides is 2. The fourth-order valence-electron chi connectivity index (χ4n) is 5.47. The lowest BCUT2D eigenvalue weighted by atomic mass is 9.82. The number of piperidine rings is 1. The van der Waals surface area contributed by atoms with E-state index < -0.39 is 23.5 Å². The number of benzene rings is 1. The van der Waals surface area contributed by atoms with Gasteiger partial charge in [-0.15, -0.1) is 0 Å². The molecule has 3 heterocycles. The number of rotatable bonds is 6. The van der Waals surface area contributed by atoms with Crippen LogP contribution in [0.15, 0.2) is 12.1 Å². The third-order valence-corrected chi connectivity index (χ3v) is 7.21. The van der Waals surface area contributed by atoms with E-state index in [1.165, 1.54) is 0 Å². The molecule has 9 heteroatoms. The van der Waals surface area contributed by atoms with E-state index in [0.29, 0.717) is 45.0 Å². The van der Waals surface area contributed by atoms with Crippen molar-refractivity contribution in [2.75, 3.05) is 19.8 Å². The Morgan fingerprint density at radius 1 is 1.03 bits per heavy atom. The highest BCUT2D eigenvalue weighted by molar-refractivity contribution is 5.86. The summed E-state index contributed by atoms with van der Waals surface area (Å²) >= 11 is 0.